The summed E-state index contributed by atoms with van der Waals surface area (Å²) in [6.07, 6.45) is 3.21. The molecule has 31 heavy (non-hydrogen) atoms. The number of aromatic nitrogens is 2. The molecule has 6 nitrogen and oxygen atoms in total. The maximum Gasteiger partial charge on any atom is 0.248 e. The summed E-state index contributed by atoms with van der Waals surface area (Å²) in [5.41, 5.74) is 4.10. The third-order valence-electron chi connectivity index (χ3n) is 5.01. The quantitative estimate of drug-likeness (QED) is 0.529. The van der Waals surface area contributed by atoms with Crippen molar-refractivity contribution in [1.29, 1.82) is 0 Å². The van der Waals surface area contributed by atoms with E-state index in [9.17, 15) is 4.79 Å². The molecule has 0 spiro atoms. The van der Waals surface area contributed by atoms with Crippen molar-refractivity contribution in [1.82, 2.24) is 9.78 Å². The van der Waals surface area contributed by atoms with Crippen molar-refractivity contribution in [3.05, 3.63) is 75.0 Å². The zero-order valence-corrected chi connectivity index (χ0v) is 18.6. The fraction of sp³-hybridized carbons (Fsp3) is 0.217. The lowest BCUT2D eigenvalue weighted by molar-refractivity contribution is -0.111. The Labute approximate surface area is 190 Å². The van der Waals surface area contributed by atoms with Crippen molar-refractivity contribution in [2.75, 3.05) is 18.5 Å². The van der Waals surface area contributed by atoms with Gasteiger partial charge in [-0.15, -0.1) is 0 Å². The molecule has 4 rings (SSSR count). The second kappa shape index (κ2) is 9.04. The van der Waals surface area contributed by atoms with E-state index in [1.165, 1.54) is 6.08 Å². The Balaban J connectivity index is 1.49. The minimum absolute atomic E-state index is 0.309. The van der Waals surface area contributed by atoms with Crippen molar-refractivity contribution >= 4 is 40.9 Å². The van der Waals surface area contributed by atoms with E-state index in [0.29, 0.717) is 47.0 Å². The van der Waals surface area contributed by atoms with E-state index < -0.39 is 0 Å². The summed E-state index contributed by atoms with van der Waals surface area (Å²) in [6, 6.07) is 11.0. The first-order valence-electron chi connectivity index (χ1n) is 9.78. The molecule has 0 saturated carbocycles. The van der Waals surface area contributed by atoms with E-state index in [-0.39, 0.29) is 5.91 Å². The van der Waals surface area contributed by atoms with E-state index in [1.54, 1.807) is 18.2 Å². The number of ether oxygens (including phenoxy) is 2. The van der Waals surface area contributed by atoms with Gasteiger partial charge in [0.2, 0.25) is 5.91 Å². The van der Waals surface area contributed by atoms with E-state index in [4.69, 9.17) is 32.7 Å². The molecule has 1 amide bonds. The van der Waals surface area contributed by atoms with Crippen LogP contribution in [0.4, 0.5) is 5.69 Å². The highest BCUT2D eigenvalue weighted by Crippen LogP contribution is 2.38. The third kappa shape index (κ3) is 4.70. The molecule has 2 aromatic carbocycles. The predicted molar refractivity (Wildman–Crippen MR) is 122 cm³/mol. The zero-order chi connectivity index (χ0) is 22.0. The van der Waals surface area contributed by atoms with Gasteiger partial charge in [0, 0.05) is 34.5 Å². The monoisotopic (exact) mass is 457 g/mol. The van der Waals surface area contributed by atoms with Gasteiger partial charge in [0.15, 0.2) is 11.5 Å². The summed E-state index contributed by atoms with van der Waals surface area (Å²) in [6.45, 7) is 5.36. The van der Waals surface area contributed by atoms with Gasteiger partial charge >= 0.3 is 0 Å². The minimum atomic E-state index is -0.309. The van der Waals surface area contributed by atoms with Crippen molar-refractivity contribution < 1.29 is 14.3 Å². The predicted octanol–water partition coefficient (Wildman–Crippen LogP) is 5.28. The lowest BCUT2D eigenvalue weighted by Crippen LogP contribution is -2.16. The minimum Gasteiger partial charge on any atom is -0.486 e. The topological polar surface area (TPSA) is 65.4 Å². The molecule has 2 heterocycles. The highest BCUT2D eigenvalue weighted by molar-refractivity contribution is 6.34. The number of nitrogens with zero attached hydrogens (tertiary/aromatic N) is 2. The van der Waals surface area contributed by atoms with Crippen LogP contribution in [0.3, 0.4) is 0 Å². The number of hydrogen-bond acceptors (Lipinski definition) is 4. The lowest BCUT2D eigenvalue weighted by atomic mass is 10.1. The van der Waals surface area contributed by atoms with Gasteiger partial charge in [-0.1, -0.05) is 41.4 Å². The first-order chi connectivity index (χ1) is 14.9. The number of carbonyl (C=O) groups excluding carboxylic acids is 1. The Bertz CT molecular complexity index is 1170. The first kappa shape index (κ1) is 21.3. The van der Waals surface area contributed by atoms with Gasteiger partial charge in [0.1, 0.15) is 13.2 Å². The smallest absolute Gasteiger partial charge is 0.248 e. The van der Waals surface area contributed by atoms with Crippen LogP contribution in [0.25, 0.3) is 6.08 Å². The van der Waals surface area contributed by atoms with Crippen molar-refractivity contribution in [3.8, 4) is 11.5 Å². The van der Waals surface area contributed by atoms with Crippen molar-refractivity contribution in [2.24, 2.45) is 0 Å². The third-order valence-corrected chi connectivity index (χ3v) is 5.69. The van der Waals surface area contributed by atoms with E-state index in [2.05, 4.69) is 10.4 Å². The molecule has 0 aliphatic carbocycles. The summed E-state index contributed by atoms with van der Waals surface area (Å²) < 4.78 is 12.9. The van der Waals surface area contributed by atoms with Crippen LogP contribution < -0.4 is 14.8 Å². The number of aryl methyl sites for hydroxylation is 1. The Morgan fingerprint density at radius 3 is 2.58 bits per heavy atom. The molecule has 1 aromatic heterocycles. The first-order valence-corrected chi connectivity index (χ1v) is 10.5. The molecule has 1 N–H and O–H groups in total. The molecule has 1 aliphatic rings. The van der Waals surface area contributed by atoms with E-state index in [1.807, 2.05) is 42.8 Å². The Morgan fingerprint density at radius 2 is 1.84 bits per heavy atom. The summed E-state index contributed by atoms with van der Waals surface area (Å²) >= 11 is 12.5. The molecule has 0 bridgehead atoms. The van der Waals surface area contributed by atoms with Crippen LogP contribution in [-0.2, 0) is 11.3 Å². The van der Waals surface area contributed by atoms with Gasteiger partial charge in [0.05, 0.1) is 22.9 Å². The van der Waals surface area contributed by atoms with Gasteiger partial charge in [-0.2, -0.15) is 5.10 Å². The molecule has 1 aliphatic heterocycles. The van der Waals surface area contributed by atoms with Gasteiger partial charge in [0.25, 0.3) is 0 Å². The number of nitrogens with one attached hydrogen (secondary N) is 1. The van der Waals surface area contributed by atoms with Crippen LogP contribution >= 0.6 is 23.2 Å². The number of halogens is 2. The number of hydrogen-bond donors (Lipinski definition) is 1. The summed E-state index contributed by atoms with van der Waals surface area (Å²) in [4.78, 5) is 12.5. The average Bonchev–Trinajstić information content (AvgIpc) is 3.01. The fourth-order valence-corrected chi connectivity index (χ4v) is 3.78. The second-order valence-electron chi connectivity index (χ2n) is 7.13. The second-order valence-corrected chi connectivity index (χ2v) is 7.95. The number of carbonyl (C=O) groups is 1. The summed E-state index contributed by atoms with van der Waals surface area (Å²) in [5, 5.41) is 8.46. The number of benzene rings is 2. The Morgan fingerprint density at radius 1 is 1.13 bits per heavy atom. The van der Waals surface area contributed by atoms with Crippen molar-refractivity contribution in [3.63, 3.8) is 0 Å². The molecule has 3 aromatic rings. The van der Waals surface area contributed by atoms with Gasteiger partial charge in [-0.3, -0.25) is 9.48 Å². The van der Waals surface area contributed by atoms with Crippen LogP contribution in [0, 0.1) is 13.8 Å². The molecule has 0 saturated heterocycles. The molecule has 0 unspecified atom stereocenters. The Kier molecular flexibility index (Phi) is 6.20. The molecule has 0 atom stereocenters. The molecular formula is C23H21Cl2N3O3. The van der Waals surface area contributed by atoms with Gasteiger partial charge in [-0.05, 0) is 31.6 Å². The standard InChI is InChI=1S/C23H21Cl2N3O3/c1-14-17(15(2)28(27-14)13-16-5-3-4-6-18(16)24)7-8-23(29)26-20-12-22-21(11-19(20)25)30-9-10-31-22/h3-8,11-12H,9-10,13H2,1-2H3,(H,26,29)/b8-7+. The number of amides is 1. The van der Waals surface area contributed by atoms with Crippen molar-refractivity contribution in [2.45, 2.75) is 20.4 Å². The maximum atomic E-state index is 12.5. The zero-order valence-electron chi connectivity index (χ0n) is 17.1. The van der Waals surface area contributed by atoms with Crippen LogP contribution in [0.1, 0.15) is 22.5 Å². The normalized spacial score (nSPS) is 12.9. The summed E-state index contributed by atoms with van der Waals surface area (Å²) in [7, 11) is 0. The van der Waals surface area contributed by atoms with Crippen LogP contribution in [0.2, 0.25) is 10.0 Å². The lowest BCUT2D eigenvalue weighted by Gasteiger charge is -2.19. The van der Waals surface area contributed by atoms with Gasteiger partial charge in [-0.25, -0.2) is 0 Å². The molecular weight excluding hydrogens is 437 g/mol. The number of fused-ring (bicyclic) bond motifs is 1. The number of anilines is 1. The highest BCUT2D eigenvalue weighted by Gasteiger charge is 2.16. The van der Waals surface area contributed by atoms with Crippen LogP contribution in [0.5, 0.6) is 11.5 Å². The fourth-order valence-electron chi connectivity index (χ4n) is 3.39. The van der Waals surface area contributed by atoms with Gasteiger partial charge < -0.3 is 14.8 Å². The average molecular weight is 458 g/mol. The molecule has 160 valence electrons. The van der Waals surface area contributed by atoms with E-state index >= 15 is 0 Å². The van der Waals surface area contributed by atoms with E-state index in [0.717, 1.165) is 22.5 Å². The number of rotatable bonds is 5. The molecule has 0 radical (unpaired) electrons. The van der Waals surface area contributed by atoms with Crippen LogP contribution in [0.15, 0.2) is 42.5 Å². The highest BCUT2D eigenvalue weighted by atomic mass is 35.5. The largest absolute Gasteiger partial charge is 0.486 e. The summed E-state index contributed by atoms with van der Waals surface area (Å²) in [5.74, 6) is 0.820. The SMILES string of the molecule is Cc1nn(Cc2ccccc2Cl)c(C)c1/C=C/C(=O)Nc1cc2c(cc1Cl)OCCO2. The molecule has 8 heteroatoms. The van der Waals surface area contributed by atoms with Crippen LogP contribution in [-0.4, -0.2) is 28.9 Å². The molecule has 0 fully saturated rings. The maximum absolute atomic E-state index is 12.5. The Hall–Kier alpha value is -2.96.